The summed E-state index contributed by atoms with van der Waals surface area (Å²) in [4.78, 5) is 23.7. The smallest absolute Gasteiger partial charge is 0.342 e. The van der Waals surface area contributed by atoms with Crippen LogP contribution in [0.1, 0.15) is 21.5 Å². The van der Waals surface area contributed by atoms with Crippen molar-refractivity contribution < 1.29 is 19.4 Å². The van der Waals surface area contributed by atoms with Crippen LogP contribution in [0.15, 0.2) is 36.4 Å². The van der Waals surface area contributed by atoms with Gasteiger partial charge in [-0.3, -0.25) is 4.79 Å². The van der Waals surface area contributed by atoms with Gasteiger partial charge in [0.15, 0.2) is 6.61 Å². The third-order valence-corrected chi connectivity index (χ3v) is 3.42. The second-order valence-electron chi connectivity index (χ2n) is 5.13. The number of rotatable bonds is 4. The van der Waals surface area contributed by atoms with Gasteiger partial charge >= 0.3 is 5.97 Å². The molecule has 5 nitrogen and oxygen atoms in total. The quantitative estimate of drug-likeness (QED) is 0.840. The van der Waals surface area contributed by atoms with Gasteiger partial charge in [-0.15, -0.1) is 0 Å². The molecule has 0 aliphatic heterocycles. The van der Waals surface area contributed by atoms with Crippen LogP contribution in [0.4, 0.5) is 5.69 Å². The summed E-state index contributed by atoms with van der Waals surface area (Å²) in [5.74, 6) is -1.48. The number of carbonyl (C=O) groups is 2. The molecule has 0 spiro atoms. The molecule has 0 saturated heterocycles. The maximum absolute atomic E-state index is 11.9. The monoisotopic (exact) mass is 333 g/mol. The van der Waals surface area contributed by atoms with Crippen molar-refractivity contribution in [2.45, 2.75) is 13.8 Å². The van der Waals surface area contributed by atoms with E-state index < -0.39 is 18.5 Å². The largest absolute Gasteiger partial charge is 0.507 e. The topological polar surface area (TPSA) is 75.6 Å². The van der Waals surface area contributed by atoms with E-state index >= 15 is 0 Å². The van der Waals surface area contributed by atoms with Crippen molar-refractivity contribution in [1.82, 2.24) is 0 Å². The molecular formula is C17H16ClNO4. The van der Waals surface area contributed by atoms with E-state index in [0.29, 0.717) is 10.7 Å². The maximum Gasteiger partial charge on any atom is 0.342 e. The Morgan fingerprint density at radius 2 is 1.78 bits per heavy atom. The number of benzene rings is 2. The predicted octanol–water partition coefficient (Wildman–Crippen LogP) is 3.46. The Kier molecular flexibility index (Phi) is 5.24. The van der Waals surface area contributed by atoms with Gasteiger partial charge < -0.3 is 15.2 Å². The second kappa shape index (κ2) is 7.15. The molecule has 0 unspecified atom stereocenters. The Morgan fingerprint density at radius 3 is 2.48 bits per heavy atom. The molecule has 2 rings (SSSR count). The van der Waals surface area contributed by atoms with Gasteiger partial charge in [0.25, 0.3) is 5.91 Å². The number of nitrogens with one attached hydrogen (secondary N) is 1. The summed E-state index contributed by atoms with van der Waals surface area (Å²) in [7, 11) is 0. The summed E-state index contributed by atoms with van der Waals surface area (Å²) in [5, 5.41) is 12.6. The highest BCUT2D eigenvalue weighted by Gasteiger charge is 2.15. The molecule has 0 atom stereocenters. The Morgan fingerprint density at radius 1 is 1.13 bits per heavy atom. The average molecular weight is 334 g/mol. The summed E-state index contributed by atoms with van der Waals surface area (Å²) in [6.45, 7) is 3.19. The molecule has 0 saturated carbocycles. The lowest BCUT2D eigenvalue weighted by Crippen LogP contribution is -2.21. The molecule has 0 heterocycles. The van der Waals surface area contributed by atoms with Crippen LogP contribution in [0.25, 0.3) is 0 Å². The molecule has 2 N–H and O–H groups in total. The highest BCUT2D eigenvalue weighted by atomic mass is 35.5. The van der Waals surface area contributed by atoms with E-state index in [-0.39, 0.29) is 11.3 Å². The first-order chi connectivity index (χ1) is 10.9. The van der Waals surface area contributed by atoms with E-state index in [4.69, 9.17) is 16.3 Å². The number of esters is 1. The molecular weight excluding hydrogens is 318 g/mol. The molecule has 2 aromatic rings. The van der Waals surface area contributed by atoms with E-state index in [1.54, 1.807) is 31.2 Å². The maximum atomic E-state index is 11.9. The SMILES string of the molecule is Cc1ccc(NC(=O)COC(=O)c2cc(C)ccc2O)c(Cl)c1. The summed E-state index contributed by atoms with van der Waals surface area (Å²) in [5.41, 5.74) is 2.22. The molecule has 120 valence electrons. The van der Waals surface area contributed by atoms with Crippen LogP contribution >= 0.6 is 11.6 Å². The van der Waals surface area contributed by atoms with Gasteiger partial charge in [0.05, 0.1) is 10.7 Å². The third kappa shape index (κ3) is 4.47. The number of ether oxygens (including phenoxy) is 1. The molecule has 0 bridgehead atoms. The van der Waals surface area contributed by atoms with Crippen molar-refractivity contribution in [3.8, 4) is 5.75 Å². The fourth-order valence-electron chi connectivity index (χ4n) is 1.93. The van der Waals surface area contributed by atoms with Crippen LogP contribution in [-0.4, -0.2) is 23.6 Å². The minimum atomic E-state index is -0.767. The van der Waals surface area contributed by atoms with E-state index in [1.807, 2.05) is 6.92 Å². The zero-order valence-corrected chi connectivity index (χ0v) is 13.5. The highest BCUT2D eigenvalue weighted by molar-refractivity contribution is 6.33. The van der Waals surface area contributed by atoms with Gasteiger partial charge in [-0.2, -0.15) is 0 Å². The normalized spacial score (nSPS) is 10.2. The molecule has 1 amide bonds. The fraction of sp³-hybridized carbons (Fsp3) is 0.176. The number of hydrogen-bond donors (Lipinski definition) is 2. The zero-order valence-electron chi connectivity index (χ0n) is 12.7. The minimum Gasteiger partial charge on any atom is -0.507 e. The number of phenols is 1. The summed E-state index contributed by atoms with van der Waals surface area (Å²) in [6.07, 6.45) is 0. The first-order valence-corrected chi connectivity index (χ1v) is 7.27. The Bertz CT molecular complexity index is 758. The molecule has 23 heavy (non-hydrogen) atoms. The summed E-state index contributed by atoms with van der Waals surface area (Å²) >= 11 is 6.01. The third-order valence-electron chi connectivity index (χ3n) is 3.11. The first-order valence-electron chi connectivity index (χ1n) is 6.89. The average Bonchev–Trinajstić information content (AvgIpc) is 2.50. The number of halogens is 1. The van der Waals surface area contributed by atoms with Crippen LogP contribution in [0.5, 0.6) is 5.75 Å². The summed E-state index contributed by atoms with van der Waals surface area (Å²) in [6, 6.07) is 9.75. The van der Waals surface area contributed by atoms with Crippen molar-refractivity contribution >= 4 is 29.2 Å². The van der Waals surface area contributed by atoms with E-state index in [2.05, 4.69) is 5.32 Å². The molecule has 0 fully saturated rings. The van der Waals surface area contributed by atoms with Gasteiger partial charge in [0.1, 0.15) is 11.3 Å². The number of carbonyl (C=O) groups excluding carboxylic acids is 2. The molecule has 0 aliphatic rings. The molecule has 0 radical (unpaired) electrons. The number of aromatic hydroxyl groups is 1. The highest BCUT2D eigenvalue weighted by Crippen LogP contribution is 2.23. The Balaban J connectivity index is 1.96. The van der Waals surface area contributed by atoms with Crippen LogP contribution in [-0.2, 0) is 9.53 Å². The van der Waals surface area contributed by atoms with Gasteiger partial charge in [0, 0.05) is 0 Å². The lowest BCUT2D eigenvalue weighted by molar-refractivity contribution is -0.119. The number of aryl methyl sites for hydroxylation is 2. The van der Waals surface area contributed by atoms with Crippen molar-refractivity contribution in [2.75, 3.05) is 11.9 Å². The van der Waals surface area contributed by atoms with Gasteiger partial charge in [0.2, 0.25) is 0 Å². The molecule has 6 heteroatoms. The van der Waals surface area contributed by atoms with Crippen LogP contribution in [0.2, 0.25) is 5.02 Å². The molecule has 2 aromatic carbocycles. The van der Waals surface area contributed by atoms with Crippen molar-refractivity contribution in [1.29, 1.82) is 0 Å². The van der Waals surface area contributed by atoms with Gasteiger partial charge in [-0.05, 0) is 43.7 Å². The molecule has 0 aliphatic carbocycles. The van der Waals surface area contributed by atoms with Gasteiger partial charge in [-0.1, -0.05) is 29.3 Å². The summed E-state index contributed by atoms with van der Waals surface area (Å²) < 4.78 is 4.91. The lowest BCUT2D eigenvalue weighted by atomic mass is 10.1. The first kappa shape index (κ1) is 16.8. The number of phenolic OH excluding ortho intramolecular Hbond substituents is 1. The van der Waals surface area contributed by atoms with Gasteiger partial charge in [-0.25, -0.2) is 4.79 Å². The number of hydrogen-bond acceptors (Lipinski definition) is 4. The van der Waals surface area contributed by atoms with E-state index in [0.717, 1.165) is 11.1 Å². The van der Waals surface area contributed by atoms with Crippen molar-refractivity contribution in [3.63, 3.8) is 0 Å². The second-order valence-corrected chi connectivity index (χ2v) is 5.54. The van der Waals surface area contributed by atoms with Crippen molar-refractivity contribution in [3.05, 3.63) is 58.1 Å². The fourth-order valence-corrected chi connectivity index (χ4v) is 2.21. The van der Waals surface area contributed by atoms with Crippen LogP contribution in [0, 0.1) is 13.8 Å². The van der Waals surface area contributed by atoms with E-state index in [1.165, 1.54) is 12.1 Å². The van der Waals surface area contributed by atoms with Crippen molar-refractivity contribution in [2.24, 2.45) is 0 Å². The molecule has 0 aromatic heterocycles. The Hall–Kier alpha value is -2.53. The number of amides is 1. The Labute approximate surface area is 138 Å². The number of anilines is 1. The minimum absolute atomic E-state index is 0.0196. The zero-order chi connectivity index (χ0) is 17.0. The van der Waals surface area contributed by atoms with E-state index in [9.17, 15) is 14.7 Å². The lowest BCUT2D eigenvalue weighted by Gasteiger charge is -2.09. The van der Waals surface area contributed by atoms with Crippen LogP contribution < -0.4 is 5.32 Å². The predicted molar refractivity (Wildman–Crippen MR) is 87.9 cm³/mol. The standard InChI is InChI=1S/C17H16ClNO4/c1-10-4-6-15(20)12(7-10)17(22)23-9-16(21)19-14-5-3-11(2)8-13(14)18/h3-8,20H,9H2,1-2H3,(H,19,21). The van der Waals surface area contributed by atoms with Crippen LogP contribution in [0.3, 0.4) is 0 Å².